The Morgan fingerprint density at radius 1 is 0.923 bits per heavy atom. The molecule has 1 amide bonds. The zero-order chi connectivity index (χ0) is 18.1. The number of H-pyrrole nitrogens is 1. The lowest BCUT2D eigenvalue weighted by Gasteiger charge is -2.06. The van der Waals surface area contributed by atoms with Crippen molar-refractivity contribution >= 4 is 38.4 Å². The molecule has 3 nitrogen and oxygen atoms in total. The van der Waals surface area contributed by atoms with Crippen molar-refractivity contribution in [3.8, 4) is 11.3 Å². The van der Waals surface area contributed by atoms with Crippen molar-refractivity contribution in [3.63, 3.8) is 0 Å². The minimum absolute atomic E-state index is 0.161. The summed E-state index contributed by atoms with van der Waals surface area (Å²) in [6.07, 6.45) is 0. The summed E-state index contributed by atoms with van der Waals surface area (Å²) < 4.78 is 14.3. The first kappa shape index (κ1) is 16.5. The molecule has 1 heterocycles. The van der Waals surface area contributed by atoms with Gasteiger partial charge in [-0.05, 0) is 66.2 Å². The van der Waals surface area contributed by atoms with Gasteiger partial charge in [0.2, 0.25) is 0 Å². The molecule has 0 spiro atoms. The van der Waals surface area contributed by atoms with Crippen molar-refractivity contribution < 1.29 is 9.18 Å². The quantitative estimate of drug-likeness (QED) is 0.429. The van der Waals surface area contributed by atoms with Gasteiger partial charge in [-0.15, -0.1) is 0 Å². The van der Waals surface area contributed by atoms with Gasteiger partial charge in [0.15, 0.2) is 0 Å². The summed E-state index contributed by atoms with van der Waals surface area (Å²) in [7, 11) is 0. The van der Waals surface area contributed by atoms with Crippen molar-refractivity contribution in [2.24, 2.45) is 0 Å². The van der Waals surface area contributed by atoms with Crippen molar-refractivity contribution in [2.45, 2.75) is 0 Å². The minimum atomic E-state index is -0.256. The zero-order valence-electron chi connectivity index (χ0n) is 13.6. The van der Waals surface area contributed by atoms with E-state index in [0.29, 0.717) is 11.3 Å². The third-order valence-corrected chi connectivity index (χ3v) is 4.67. The van der Waals surface area contributed by atoms with E-state index in [1.807, 2.05) is 42.5 Å². The van der Waals surface area contributed by atoms with Gasteiger partial charge in [0.1, 0.15) is 5.82 Å². The smallest absolute Gasteiger partial charge is 0.255 e. The van der Waals surface area contributed by atoms with Crippen LogP contribution < -0.4 is 5.32 Å². The number of amides is 1. The van der Waals surface area contributed by atoms with E-state index in [9.17, 15) is 9.18 Å². The van der Waals surface area contributed by atoms with Gasteiger partial charge in [-0.3, -0.25) is 4.79 Å². The van der Waals surface area contributed by atoms with Gasteiger partial charge in [-0.25, -0.2) is 4.39 Å². The highest BCUT2D eigenvalue weighted by atomic mass is 79.9. The number of hydrogen-bond acceptors (Lipinski definition) is 1. The van der Waals surface area contributed by atoms with E-state index in [0.717, 1.165) is 26.6 Å². The van der Waals surface area contributed by atoms with E-state index in [4.69, 9.17) is 0 Å². The molecule has 3 aromatic carbocycles. The van der Waals surface area contributed by atoms with Gasteiger partial charge in [0.05, 0.1) is 0 Å². The van der Waals surface area contributed by atoms with Gasteiger partial charge in [-0.1, -0.05) is 28.1 Å². The number of benzene rings is 3. The van der Waals surface area contributed by atoms with Crippen LogP contribution in [0, 0.1) is 5.82 Å². The van der Waals surface area contributed by atoms with Gasteiger partial charge < -0.3 is 10.3 Å². The molecule has 0 aliphatic carbocycles. The molecule has 0 fully saturated rings. The first-order valence-electron chi connectivity index (χ1n) is 8.04. The molecule has 0 atom stereocenters. The molecular formula is C21H14BrFN2O. The van der Waals surface area contributed by atoms with E-state index in [1.165, 1.54) is 12.1 Å². The van der Waals surface area contributed by atoms with Crippen molar-refractivity contribution in [2.75, 3.05) is 5.32 Å². The van der Waals surface area contributed by atoms with Crippen LogP contribution >= 0.6 is 15.9 Å². The van der Waals surface area contributed by atoms with Crippen molar-refractivity contribution in [1.29, 1.82) is 0 Å². The maximum Gasteiger partial charge on any atom is 0.255 e. The molecule has 0 radical (unpaired) electrons. The number of nitrogens with one attached hydrogen (secondary N) is 2. The Morgan fingerprint density at radius 3 is 2.38 bits per heavy atom. The Balaban J connectivity index is 1.54. The molecule has 0 saturated heterocycles. The molecule has 128 valence electrons. The van der Waals surface area contributed by atoms with Crippen LogP contribution in [0.4, 0.5) is 10.1 Å². The first-order chi connectivity index (χ1) is 12.6. The number of aromatic nitrogens is 1. The van der Waals surface area contributed by atoms with Gasteiger partial charge in [0.25, 0.3) is 5.91 Å². The highest BCUT2D eigenvalue weighted by Crippen LogP contribution is 2.26. The predicted octanol–water partition coefficient (Wildman–Crippen LogP) is 5.99. The lowest BCUT2D eigenvalue weighted by atomic mass is 10.1. The van der Waals surface area contributed by atoms with E-state index < -0.39 is 0 Å². The summed E-state index contributed by atoms with van der Waals surface area (Å²) in [4.78, 5) is 15.5. The molecule has 4 rings (SSSR count). The molecule has 0 unspecified atom stereocenters. The molecule has 5 heteroatoms. The summed E-state index contributed by atoms with van der Waals surface area (Å²) in [5.41, 5.74) is 4.05. The summed E-state index contributed by atoms with van der Waals surface area (Å²) in [5.74, 6) is -0.416. The van der Waals surface area contributed by atoms with Crippen LogP contribution in [0.5, 0.6) is 0 Å². The Hall–Kier alpha value is -2.92. The molecular weight excluding hydrogens is 395 g/mol. The summed E-state index contributed by atoms with van der Waals surface area (Å²) in [6.45, 7) is 0. The lowest BCUT2D eigenvalue weighted by Crippen LogP contribution is -2.11. The summed E-state index contributed by atoms with van der Waals surface area (Å²) in [6, 6.07) is 21.3. The molecule has 0 saturated carbocycles. The monoisotopic (exact) mass is 408 g/mol. The number of fused-ring (bicyclic) bond motifs is 1. The fourth-order valence-corrected chi connectivity index (χ4v) is 3.06. The molecule has 1 aromatic heterocycles. The molecule has 2 N–H and O–H groups in total. The molecule has 4 aromatic rings. The average Bonchev–Trinajstić information content (AvgIpc) is 3.06. The third kappa shape index (κ3) is 3.39. The fraction of sp³-hybridized carbons (Fsp3) is 0. The van der Waals surface area contributed by atoms with Crippen LogP contribution in [0.2, 0.25) is 0 Å². The van der Waals surface area contributed by atoms with Gasteiger partial charge >= 0.3 is 0 Å². The predicted molar refractivity (Wildman–Crippen MR) is 106 cm³/mol. The highest BCUT2D eigenvalue weighted by Gasteiger charge is 2.07. The largest absolute Gasteiger partial charge is 0.355 e. The summed E-state index contributed by atoms with van der Waals surface area (Å²) >= 11 is 3.35. The van der Waals surface area contributed by atoms with Crippen LogP contribution in [0.15, 0.2) is 77.3 Å². The van der Waals surface area contributed by atoms with E-state index in [1.54, 1.807) is 18.2 Å². The Morgan fingerprint density at radius 2 is 1.65 bits per heavy atom. The maximum absolute atomic E-state index is 13.3. The van der Waals surface area contributed by atoms with Crippen LogP contribution in [0.25, 0.3) is 22.2 Å². The molecule has 0 bridgehead atoms. The van der Waals surface area contributed by atoms with E-state index in [-0.39, 0.29) is 11.7 Å². The zero-order valence-corrected chi connectivity index (χ0v) is 15.2. The summed E-state index contributed by atoms with van der Waals surface area (Å²) in [5, 5.41) is 3.70. The van der Waals surface area contributed by atoms with Gasteiger partial charge in [-0.2, -0.15) is 0 Å². The number of rotatable bonds is 3. The Bertz CT molecular complexity index is 1090. The number of anilines is 1. The van der Waals surface area contributed by atoms with Crippen LogP contribution in [-0.2, 0) is 0 Å². The number of carbonyl (C=O) groups excluding carboxylic acids is 1. The SMILES string of the molecule is O=C(Nc1ccc(-c2cc3cc(F)ccc3[nH]2)cc1)c1ccc(Br)cc1. The first-order valence-corrected chi connectivity index (χ1v) is 8.83. The molecule has 0 aliphatic heterocycles. The van der Waals surface area contributed by atoms with Crippen molar-refractivity contribution in [1.82, 2.24) is 4.98 Å². The van der Waals surface area contributed by atoms with Crippen LogP contribution in [-0.4, -0.2) is 10.9 Å². The second-order valence-electron chi connectivity index (χ2n) is 5.95. The van der Waals surface area contributed by atoms with E-state index >= 15 is 0 Å². The second-order valence-corrected chi connectivity index (χ2v) is 6.87. The van der Waals surface area contributed by atoms with Crippen LogP contribution in [0.3, 0.4) is 0 Å². The maximum atomic E-state index is 13.3. The third-order valence-electron chi connectivity index (χ3n) is 4.14. The minimum Gasteiger partial charge on any atom is -0.355 e. The Kier molecular flexibility index (Phi) is 4.31. The average molecular weight is 409 g/mol. The molecule has 0 aliphatic rings. The highest BCUT2D eigenvalue weighted by molar-refractivity contribution is 9.10. The molecule has 26 heavy (non-hydrogen) atoms. The van der Waals surface area contributed by atoms with E-state index in [2.05, 4.69) is 26.2 Å². The van der Waals surface area contributed by atoms with Gasteiger partial charge in [0, 0.05) is 32.3 Å². The van der Waals surface area contributed by atoms with Crippen molar-refractivity contribution in [3.05, 3.63) is 88.6 Å². The lowest BCUT2D eigenvalue weighted by molar-refractivity contribution is 0.102. The number of halogens is 2. The van der Waals surface area contributed by atoms with Crippen LogP contribution in [0.1, 0.15) is 10.4 Å². The number of hydrogen-bond donors (Lipinski definition) is 2. The number of carbonyl (C=O) groups is 1. The second kappa shape index (κ2) is 6.77. The number of aromatic amines is 1. The topological polar surface area (TPSA) is 44.9 Å². The standard InChI is InChI=1S/C21H14BrFN2O/c22-16-5-1-14(2-6-16)21(26)24-18-8-3-13(4-9-18)20-12-15-11-17(23)7-10-19(15)25-20/h1-12,25H,(H,24,26). The fourth-order valence-electron chi connectivity index (χ4n) is 2.80. The normalized spacial score (nSPS) is 10.8. The Labute approximate surface area is 158 Å².